The van der Waals surface area contributed by atoms with Gasteiger partial charge in [0.05, 0.1) is 5.39 Å². The molecule has 4 nitrogen and oxygen atoms in total. The monoisotopic (exact) mass is 236 g/mol. The highest BCUT2D eigenvalue weighted by Gasteiger charge is 2.19. The van der Waals surface area contributed by atoms with Crippen molar-refractivity contribution < 1.29 is 0 Å². The summed E-state index contributed by atoms with van der Waals surface area (Å²) in [4.78, 5) is 8.25. The molecular formula is C11H13ClN4. The first kappa shape index (κ1) is 9.90. The highest BCUT2D eigenvalue weighted by Crippen LogP contribution is 2.33. The molecule has 0 bridgehead atoms. The Hall–Kier alpha value is -1.29. The number of nitrogens with zero attached hydrogens (tertiary/aromatic N) is 3. The van der Waals surface area contributed by atoms with Gasteiger partial charge in [0.25, 0.3) is 0 Å². The number of anilines is 1. The van der Waals surface area contributed by atoms with Crippen molar-refractivity contribution in [3.05, 3.63) is 17.4 Å². The first-order valence-corrected chi connectivity index (χ1v) is 5.93. The van der Waals surface area contributed by atoms with Crippen LogP contribution in [0.4, 0.5) is 5.95 Å². The first-order chi connectivity index (χ1) is 7.75. The van der Waals surface area contributed by atoms with Gasteiger partial charge < -0.3 is 10.3 Å². The van der Waals surface area contributed by atoms with E-state index in [2.05, 4.69) is 14.5 Å². The van der Waals surface area contributed by atoms with Crippen LogP contribution >= 0.6 is 11.6 Å². The van der Waals surface area contributed by atoms with Crippen molar-refractivity contribution in [2.45, 2.75) is 31.7 Å². The van der Waals surface area contributed by atoms with Gasteiger partial charge in [0.2, 0.25) is 5.95 Å². The molecule has 0 amide bonds. The van der Waals surface area contributed by atoms with Gasteiger partial charge in [0.15, 0.2) is 0 Å². The van der Waals surface area contributed by atoms with Crippen molar-refractivity contribution in [1.29, 1.82) is 0 Å². The maximum atomic E-state index is 6.04. The van der Waals surface area contributed by atoms with E-state index < -0.39 is 0 Å². The lowest BCUT2D eigenvalue weighted by Crippen LogP contribution is -2.05. The molecule has 0 unspecified atom stereocenters. The Labute approximate surface area is 98.4 Å². The highest BCUT2D eigenvalue weighted by molar-refractivity contribution is 6.34. The van der Waals surface area contributed by atoms with Gasteiger partial charge in [-0.1, -0.05) is 24.4 Å². The number of nitrogens with two attached hydrogens (primary N) is 1. The second-order valence-corrected chi connectivity index (χ2v) is 4.63. The fourth-order valence-corrected chi connectivity index (χ4v) is 2.72. The lowest BCUT2D eigenvalue weighted by Gasteiger charge is -2.12. The van der Waals surface area contributed by atoms with Crippen molar-refractivity contribution in [1.82, 2.24) is 14.5 Å². The minimum absolute atomic E-state index is 0.246. The van der Waals surface area contributed by atoms with Crippen LogP contribution in [0, 0.1) is 0 Å². The van der Waals surface area contributed by atoms with E-state index in [1.807, 2.05) is 12.3 Å². The van der Waals surface area contributed by atoms with Crippen LogP contribution in [0.15, 0.2) is 12.3 Å². The zero-order valence-corrected chi connectivity index (χ0v) is 9.61. The van der Waals surface area contributed by atoms with Gasteiger partial charge in [0, 0.05) is 12.2 Å². The number of hydrogen-bond acceptors (Lipinski definition) is 3. The molecule has 1 aliphatic rings. The zero-order valence-electron chi connectivity index (χ0n) is 8.86. The second-order valence-electron chi connectivity index (χ2n) is 4.27. The number of rotatable bonds is 1. The third-order valence-electron chi connectivity index (χ3n) is 3.26. The molecule has 0 aliphatic heterocycles. The van der Waals surface area contributed by atoms with E-state index in [4.69, 9.17) is 17.3 Å². The molecular weight excluding hydrogens is 224 g/mol. The van der Waals surface area contributed by atoms with Gasteiger partial charge in [0.1, 0.15) is 10.8 Å². The fourth-order valence-electron chi connectivity index (χ4n) is 2.49. The Morgan fingerprint density at radius 2 is 2.06 bits per heavy atom. The molecule has 1 saturated carbocycles. The van der Waals surface area contributed by atoms with E-state index in [9.17, 15) is 0 Å². The molecule has 1 aliphatic carbocycles. The molecule has 0 aromatic carbocycles. The molecule has 0 atom stereocenters. The van der Waals surface area contributed by atoms with Gasteiger partial charge >= 0.3 is 0 Å². The van der Waals surface area contributed by atoms with Crippen LogP contribution in [-0.2, 0) is 0 Å². The van der Waals surface area contributed by atoms with Crippen molar-refractivity contribution in [2.24, 2.45) is 0 Å². The van der Waals surface area contributed by atoms with Crippen LogP contribution in [0.1, 0.15) is 31.7 Å². The van der Waals surface area contributed by atoms with Crippen LogP contribution < -0.4 is 5.73 Å². The van der Waals surface area contributed by atoms with Crippen LogP contribution in [-0.4, -0.2) is 14.5 Å². The Balaban J connectivity index is 2.18. The third kappa shape index (κ3) is 1.45. The quantitative estimate of drug-likeness (QED) is 0.775. The molecule has 3 rings (SSSR count). The number of halogens is 1. The highest BCUT2D eigenvalue weighted by atomic mass is 35.5. The van der Waals surface area contributed by atoms with E-state index in [0.717, 1.165) is 11.0 Å². The molecule has 0 radical (unpaired) electrons. The van der Waals surface area contributed by atoms with Crippen molar-refractivity contribution >= 4 is 28.6 Å². The predicted molar refractivity (Wildman–Crippen MR) is 64.5 cm³/mol. The third-order valence-corrected chi connectivity index (χ3v) is 3.55. The Bertz CT molecular complexity index is 528. The van der Waals surface area contributed by atoms with E-state index in [1.165, 1.54) is 25.7 Å². The number of nitrogen functional groups attached to an aromatic ring is 1. The number of aromatic nitrogens is 3. The lowest BCUT2D eigenvalue weighted by molar-refractivity contribution is 0.532. The molecule has 5 heteroatoms. The number of fused-ring (bicyclic) bond motifs is 1. The van der Waals surface area contributed by atoms with Gasteiger partial charge in [-0.15, -0.1) is 0 Å². The first-order valence-electron chi connectivity index (χ1n) is 5.55. The van der Waals surface area contributed by atoms with Crippen LogP contribution in [0.25, 0.3) is 11.0 Å². The van der Waals surface area contributed by atoms with Gasteiger partial charge in [-0.05, 0) is 18.9 Å². The van der Waals surface area contributed by atoms with Crippen molar-refractivity contribution in [2.75, 3.05) is 5.73 Å². The van der Waals surface area contributed by atoms with Gasteiger partial charge in [-0.3, -0.25) is 0 Å². The van der Waals surface area contributed by atoms with Crippen LogP contribution in [0.5, 0.6) is 0 Å². The normalized spacial score (nSPS) is 17.3. The van der Waals surface area contributed by atoms with E-state index >= 15 is 0 Å². The predicted octanol–water partition coefficient (Wildman–Crippen LogP) is 2.78. The van der Waals surface area contributed by atoms with Crippen LogP contribution in [0.2, 0.25) is 5.15 Å². The summed E-state index contributed by atoms with van der Waals surface area (Å²) in [6.45, 7) is 0. The summed E-state index contributed by atoms with van der Waals surface area (Å²) in [6, 6.07) is 2.51. The second kappa shape index (κ2) is 3.63. The topological polar surface area (TPSA) is 56.7 Å². The lowest BCUT2D eigenvalue weighted by atomic mass is 10.2. The summed E-state index contributed by atoms with van der Waals surface area (Å²) in [6.07, 6.45) is 7.05. The summed E-state index contributed by atoms with van der Waals surface area (Å²) in [5.74, 6) is 0.246. The SMILES string of the molecule is Nc1nc(Cl)c2ccn(C3CCCC3)c2n1. The minimum atomic E-state index is 0.246. The summed E-state index contributed by atoms with van der Waals surface area (Å²) in [7, 11) is 0. The van der Waals surface area contributed by atoms with Gasteiger partial charge in [-0.2, -0.15) is 4.98 Å². The van der Waals surface area contributed by atoms with E-state index in [1.54, 1.807) is 0 Å². The van der Waals surface area contributed by atoms with E-state index in [-0.39, 0.29) is 5.95 Å². The summed E-state index contributed by atoms with van der Waals surface area (Å²) >= 11 is 6.04. The molecule has 2 N–H and O–H groups in total. The van der Waals surface area contributed by atoms with E-state index in [0.29, 0.717) is 11.2 Å². The summed E-state index contributed by atoms with van der Waals surface area (Å²) < 4.78 is 2.19. The van der Waals surface area contributed by atoms with Gasteiger partial charge in [-0.25, -0.2) is 4.98 Å². The molecule has 0 spiro atoms. The molecule has 1 fully saturated rings. The fraction of sp³-hybridized carbons (Fsp3) is 0.455. The standard InChI is InChI=1S/C11H13ClN4/c12-9-8-5-6-16(7-3-1-2-4-7)10(8)15-11(13)14-9/h5-7H,1-4H2,(H2,13,14,15). The minimum Gasteiger partial charge on any atom is -0.368 e. The summed E-state index contributed by atoms with van der Waals surface area (Å²) in [5, 5.41) is 1.34. The number of hydrogen-bond donors (Lipinski definition) is 1. The van der Waals surface area contributed by atoms with Crippen molar-refractivity contribution in [3.8, 4) is 0 Å². The zero-order chi connectivity index (χ0) is 11.1. The maximum absolute atomic E-state index is 6.04. The molecule has 0 saturated heterocycles. The average molecular weight is 237 g/mol. The Morgan fingerprint density at radius 1 is 1.31 bits per heavy atom. The Kier molecular flexibility index (Phi) is 2.24. The molecule has 16 heavy (non-hydrogen) atoms. The molecule has 2 aromatic heterocycles. The largest absolute Gasteiger partial charge is 0.368 e. The Morgan fingerprint density at radius 3 is 2.81 bits per heavy atom. The maximum Gasteiger partial charge on any atom is 0.223 e. The van der Waals surface area contributed by atoms with Crippen LogP contribution in [0.3, 0.4) is 0 Å². The summed E-state index contributed by atoms with van der Waals surface area (Å²) in [5.41, 5.74) is 6.50. The van der Waals surface area contributed by atoms with Crippen molar-refractivity contribution in [3.63, 3.8) is 0 Å². The molecule has 2 aromatic rings. The molecule has 2 heterocycles. The average Bonchev–Trinajstić information content (AvgIpc) is 2.83. The molecule has 84 valence electrons. The smallest absolute Gasteiger partial charge is 0.223 e.